The molecule has 2 heterocycles. The van der Waals surface area contributed by atoms with Crippen LogP contribution in [0.3, 0.4) is 0 Å². The van der Waals surface area contributed by atoms with E-state index >= 15 is 0 Å². The van der Waals surface area contributed by atoms with Gasteiger partial charge in [-0.05, 0) is 32.4 Å². The lowest BCUT2D eigenvalue weighted by atomic mass is 10.1. The van der Waals surface area contributed by atoms with Crippen LogP contribution in [-0.4, -0.2) is 70.5 Å². The summed E-state index contributed by atoms with van der Waals surface area (Å²) in [4.78, 5) is 6.70. The first kappa shape index (κ1) is 23.2. The van der Waals surface area contributed by atoms with Crippen molar-refractivity contribution in [2.24, 2.45) is 4.99 Å². The Labute approximate surface area is 173 Å². The first-order chi connectivity index (χ1) is 12.2. The van der Waals surface area contributed by atoms with E-state index in [0.29, 0.717) is 0 Å². The molecule has 0 aliphatic carbocycles. The fraction of sp³-hybridized carbons (Fsp3) is 0.722. The summed E-state index contributed by atoms with van der Waals surface area (Å²) in [5.41, 5.74) is 0. The average molecular weight is 480 g/mol. The molecule has 7 nitrogen and oxygen atoms in total. The predicted molar refractivity (Wildman–Crippen MR) is 114 cm³/mol. The normalized spacial score (nSPS) is 16.8. The highest BCUT2D eigenvalue weighted by Crippen LogP contribution is 2.23. The number of guanidine groups is 1. The number of morpholine rings is 1. The van der Waals surface area contributed by atoms with Crippen molar-refractivity contribution in [3.63, 3.8) is 0 Å². The second-order valence-corrected chi connectivity index (χ2v) is 6.04. The van der Waals surface area contributed by atoms with Crippen molar-refractivity contribution in [3.05, 3.63) is 23.7 Å². The summed E-state index contributed by atoms with van der Waals surface area (Å²) in [5.74, 6) is 2.73. The molecule has 0 amide bonds. The summed E-state index contributed by atoms with van der Waals surface area (Å²) in [6, 6.07) is 4.25. The van der Waals surface area contributed by atoms with Crippen molar-refractivity contribution >= 4 is 29.9 Å². The van der Waals surface area contributed by atoms with Gasteiger partial charge >= 0.3 is 0 Å². The minimum absolute atomic E-state index is 0. The maximum Gasteiger partial charge on any atom is 0.191 e. The first-order valence-electron chi connectivity index (χ1n) is 9.15. The molecule has 1 aromatic rings. The number of nitrogens with zero attached hydrogens (tertiary/aromatic N) is 2. The van der Waals surface area contributed by atoms with Gasteiger partial charge in [-0.25, -0.2) is 0 Å². The van der Waals surface area contributed by atoms with E-state index in [0.717, 1.165) is 76.5 Å². The molecule has 8 heteroatoms. The molecule has 0 spiro atoms. The van der Waals surface area contributed by atoms with Gasteiger partial charge in [-0.15, -0.1) is 24.0 Å². The molecule has 0 bridgehead atoms. The Hall–Kier alpha value is -0.840. The van der Waals surface area contributed by atoms with Crippen molar-refractivity contribution in [1.29, 1.82) is 0 Å². The Morgan fingerprint density at radius 2 is 2.08 bits per heavy atom. The SMILES string of the molecule is CCOCCCNC(=NC)NCC(c1ccc(C)o1)N1CCOCC1.I. The Balaban J connectivity index is 0.00000338. The lowest BCUT2D eigenvalue weighted by Crippen LogP contribution is -2.46. The molecular formula is C18H33IN4O3. The van der Waals surface area contributed by atoms with Crippen LogP contribution in [-0.2, 0) is 9.47 Å². The zero-order valence-electron chi connectivity index (χ0n) is 16.1. The molecule has 1 aromatic heterocycles. The van der Waals surface area contributed by atoms with Gasteiger partial charge in [0.2, 0.25) is 0 Å². The van der Waals surface area contributed by atoms with E-state index in [1.54, 1.807) is 7.05 Å². The molecule has 0 aromatic carbocycles. The predicted octanol–water partition coefficient (Wildman–Crippen LogP) is 2.17. The summed E-state index contributed by atoms with van der Waals surface area (Å²) in [6.07, 6.45) is 0.957. The Morgan fingerprint density at radius 1 is 1.31 bits per heavy atom. The van der Waals surface area contributed by atoms with Gasteiger partial charge in [0.15, 0.2) is 5.96 Å². The Kier molecular flexibility index (Phi) is 11.9. The highest BCUT2D eigenvalue weighted by atomic mass is 127. The van der Waals surface area contributed by atoms with Crippen molar-refractivity contribution in [1.82, 2.24) is 15.5 Å². The number of halogens is 1. The molecule has 1 unspecified atom stereocenters. The third-order valence-electron chi connectivity index (χ3n) is 4.22. The largest absolute Gasteiger partial charge is 0.465 e. The summed E-state index contributed by atoms with van der Waals surface area (Å²) in [5, 5.41) is 6.75. The molecule has 0 radical (unpaired) electrons. The van der Waals surface area contributed by atoms with Crippen molar-refractivity contribution < 1.29 is 13.9 Å². The maximum absolute atomic E-state index is 5.89. The lowest BCUT2D eigenvalue weighted by Gasteiger charge is -2.33. The van der Waals surface area contributed by atoms with Crippen LogP contribution in [0.4, 0.5) is 0 Å². The molecular weight excluding hydrogens is 447 g/mol. The van der Waals surface area contributed by atoms with Crippen molar-refractivity contribution in [3.8, 4) is 0 Å². The van der Waals surface area contributed by atoms with Crippen molar-refractivity contribution in [2.75, 3.05) is 59.7 Å². The van der Waals surface area contributed by atoms with E-state index in [1.807, 2.05) is 19.9 Å². The maximum atomic E-state index is 5.89. The first-order valence-corrected chi connectivity index (χ1v) is 9.15. The number of nitrogens with one attached hydrogen (secondary N) is 2. The van der Waals surface area contributed by atoms with E-state index in [9.17, 15) is 0 Å². The number of hydrogen-bond donors (Lipinski definition) is 2. The average Bonchev–Trinajstić information content (AvgIpc) is 3.07. The van der Waals surface area contributed by atoms with E-state index < -0.39 is 0 Å². The van der Waals surface area contributed by atoms with Gasteiger partial charge in [0.05, 0.1) is 19.3 Å². The fourth-order valence-electron chi connectivity index (χ4n) is 2.87. The Bertz CT molecular complexity index is 518. The van der Waals surface area contributed by atoms with Gasteiger partial charge in [-0.2, -0.15) is 0 Å². The van der Waals surface area contributed by atoms with Crippen LogP contribution in [0.5, 0.6) is 0 Å². The highest BCUT2D eigenvalue weighted by Gasteiger charge is 2.25. The van der Waals surface area contributed by atoms with Gasteiger partial charge < -0.3 is 24.5 Å². The minimum atomic E-state index is 0. The van der Waals surface area contributed by atoms with E-state index in [1.165, 1.54) is 0 Å². The van der Waals surface area contributed by atoms with Crippen LogP contribution in [0.1, 0.15) is 30.9 Å². The molecule has 0 saturated carbocycles. The van der Waals surface area contributed by atoms with E-state index in [-0.39, 0.29) is 30.0 Å². The van der Waals surface area contributed by atoms with Gasteiger partial charge in [0.25, 0.3) is 0 Å². The van der Waals surface area contributed by atoms with Crippen LogP contribution < -0.4 is 10.6 Å². The van der Waals surface area contributed by atoms with Gasteiger partial charge in [0, 0.05) is 46.4 Å². The third-order valence-corrected chi connectivity index (χ3v) is 4.22. The molecule has 2 rings (SSSR count). The third kappa shape index (κ3) is 7.81. The lowest BCUT2D eigenvalue weighted by molar-refractivity contribution is 0.0124. The molecule has 150 valence electrons. The smallest absolute Gasteiger partial charge is 0.191 e. The summed E-state index contributed by atoms with van der Waals surface area (Å²) in [6.45, 7) is 10.4. The zero-order valence-corrected chi connectivity index (χ0v) is 18.5. The second kappa shape index (κ2) is 13.3. The Morgan fingerprint density at radius 3 is 2.69 bits per heavy atom. The minimum Gasteiger partial charge on any atom is -0.465 e. The topological polar surface area (TPSA) is 71.3 Å². The van der Waals surface area contributed by atoms with Gasteiger partial charge in [0.1, 0.15) is 11.5 Å². The van der Waals surface area contributed by atoms with Crippen LogP contribution in [0, 0.1) is 6.92 Å². The van der Waals surface area contributed by atoms with E-state index in [2.05, 4.69) is 26.6 Å². The quantitative estimate of drug-likeness (QED) is 0.245. The summed E-state index contributed by atoms with van der Waals surface area (Å²) < 4.78 is 16.7. The zero-order chi connectivity index (χ0) is 17.9. The monoisotopic (exact) mass is 480 g/mol. The van der Waals surface area contributed by atoms with Crippen LogP contribution in [0.2, 0.25) is 0 Å². The standard InChI is InChI=1S/C18H32N4O3.HI/c1-4-23-11-5-8-20-18(19-3)21-14-16(17-7-6-15(2)25-17)22-9-12-24-13-10-22;/h6-7,16H,4-5,8-14H2,1-3H3,(H2,19,20,21);1H. The number of rotatable bonds is 9. The van der Waals surface area contributed by atoms with Crippen LogP contribution in [0.25, 0.3) is 0 Å². The van der Waals surface area contributed by atoms with Crippen LogP contribution >= 0.6 is 24.0 Å². The number of ether oxygens (including phenoxy) is 2. The molecule has 1 atom stereocenters. The van der Waals surface area contributed by atoms with Gasteiger partial charge in [-0.3, -0.25) is 9.89 Å². The highest BCUT2D eigenvalue weighted by molar-refractivity contribution is 14.0. The molecule has 1 saturated heterocycles. The van der Waals surface area contributed by atoms with Gasteiger partial charge in [-0.1, -0.05) is 0 Å². The van der Waals surface area contributed by atoms with E-state index in [4.69, 9.17) is 13.9 Å². The van der Waals surface area contributed by atoms with Crippen LogP contribution in [0.15, 0.2) is 21.5 Å². The summed E-state index contributed by atoms with van der Waals surface area (Å²) in [7, 11) is 1.79. The molecule has 1 aliphatic heterocycles. The van der Waals surface area contributed by atoms with Crippen molar-refractivity contribution in [2.45, 2.75) is 26.3 Å². The second-order valence-electron chi connectivity index (χ2n) is 6.04. The summed E-state index contributed by atoms with van der Waals surface area (Å²) >= 11 is 0. The molecule has 1 fully saturated rings. The number of aryl methyl sites for hydroxylation is 1. The molecule has 1 aliphatic rings. The number of furan rings is 1. The number of aliphatic imine (C=N–C) groups is 1. The molecule has 26 heavy (non-hydrogen) atoms. The fourth-order valence-corrected chi connectivity index (χ4v) is 2.87. The molecule has 2 N–H and O–H groups in total. The number of hydrogen-bond acceptors (Lipinski definition) is 5.